The van der Waals surface area contributed by atoms with Gasteiger partial charge in [-0.1, -0.05) is 30.5 Å². The van der Waals surface area contributed by atoms with Crippen molar-refractivity contribution < 1.29 is 4.74 Å². The maximum absolute atomic E-state index is 6.12. The highest BCUT2D eigenvalue weighted by Gasteiger charge is 2.39. The third kappa shape index (κ3) is 2.38. The highest BCUT2D eigenvalue weighted by molar-refractivity contribution is 5.44. The van der Waals surface area contributed by atoms with Gasteiger partial charge in [-0.05, 0) is 44.6 Å². The van der Waals surface area contributed by atoms with Gasteiger partial charge in [0.1, 0.15) is 5.75 Å². The van der Waals surface area contributed by atoms with Gasteiger partial charge < -0.3 is 10.5 Å². The first-order valence-corrected chi connectivity index (χ1v) is 7.67. The summed E-state index contributed by atoms with van der Waals surface area (Å²) < 4.78 is 6.12. The Bertz CT molecular complexity index is 441. The van der Waals surface area contributed by atoms with Crippen LogP contribution in [-0.4, -0.2) is 13.2 Å². The van der Waals surface area contributed by atoms with Gasteiger partial charge in [-0.3, -0.25) is 0 Å². The lowest BCUT2D eigenvalue weighted by atomic mass is 9.64. The van der Waals surface area contributed by atoms with E-state index in [1.165, 1.54) is 49.7 Å². The molecule has 0 unspecified atom stereocenters. The van der Waals surface area contributed by atoms with Gasteiger partial charge in [0.2, 0.25) is 0 Å². The highest BCUT2D eigenvalue weighted by Crippen LogP contribution is 2.46. The molecule has 1 aromatic rings. The molecule has 19 heavy (non-hydrogen) atoms. The quantitative estimate of drug-likeness (QED) is 0.877. The van der Waals surface area contributed by atoms with Crippen LogP contribution in [0.4, 0.5) is 0 Å². The number of rotatable bonds is 5. The number of hydrogen-bond donors (Lipinski definition) is 1. The van der Waals surface area contributed by atoms with Gasteiger partial charge in [-0.15, -0.1) is 0 Å². The molecule has 104 valence electrons. The summed E-state index contributed by atoms with van der Waals surface area (Å²) in [6.07, 6.45) is 7.78. The van der Waals surface area contributed by atoms with Gasteiger partial charge in [0.05, 0.1) is 6.61 Å². The van der Waals surface area contributed by atoms with Gasteiger partial charge in [0.15, 0.2) is 0 Å². The Morgan fingerprint density at radius 3 is 2.58 bits per heavy atom. The molecule has 3 rings (SSSR count). The molecule has 0 amide bonds. The van der Waals surface area contributed by atoms with Crippen molar-refractivity contribution in [2.45, 2.75) is 50.9 Å². The van der Waals surface area contributed by atoms with Crippen molar-refractivity contribution in [1.82, 2.24) is 0 Å². The van der Waals surface area contributed by atoms with E-state index in [1.54, 1.807) is 0 Å². The number of ether oxygens (including phenoxy) is 1. The van der Waals surface area contributed by atoms with Crippen LogP contribution < -0.4 is 10.5 Å². The highest BCUT2D eigenvalue weighted by atomic mass is 16.5. The largest absolute Gasteiger partial charge is 0.493 e. The molecular weight excluding hydrogens is 234 g/mol. The summed E-state index contributed by atoms with van der Waals surface area (Å²) in [5.74, 6) is 1.87. The van der Waals surface area contributed by atoms with Gasteiger partial charge in [-0.25, -0.2) is 0 Å². The summed E-state index contributed by atoms with van der Waals surface area (Å²) >= 11 is 0. The molecule has 2 fully saturated rings. The van der Waals surface area contributed by atoms with Crippen LogP contribution in [0, 0.1) is 12.8 Å². The summed E-state index contributed by atoms with van der Waals surface area (Å²) in [5.41, 5.74) is 8.93. The van der Waals surface area contributed by atoms with Crippen molar-refractivity contribution in [3.8, 4) is 5.75 Å². The fraction of sp³-hybridized carbons (Fsp3) is 0.647. The lowest BCUT2D eigenvalue weighted by Crippen LogP contribution is -2.42. The van der Waals surface area contributed by atoms with E-state index in [2.05, 4.69) is 25.1 Å². The molecule has 2 saturated carbocycles. The van der Waals surface area contributed by atoms with Crippen molar-refractivity contribution in [2.24, 2.45) is 11.7 Å². The monoisotopic (exact) mass is 259 g/mol. The minimum Gasteiger partial charge on any atom is -0.493 e. The van der Waals surface area contributed by atoms with Crippen molar-refractivity contribution in [2.75, 3.05) is 13.2 Å². The molecular formula is C17H25NO. The van der Waals surface area contributed by atoms with Crippen LogP contribution in [0.1, 0.15) is 49.7 Å². The molecule has 0 spiro atoms. The molecule has 1 aromatic carbocycles. The van der Waals surface area contributed by atoms with Gasteiger partial charge in [0, 0.05) is 17.5 Å². The Balaban J connectivity index is 1.81. The second-order valence-corrected chi connectivity index (χ2v) is 6.45. The fourth-order valence-corrected chi connectivity index (χ4v) is 3.24. The second kappa shape index (κ2) is 5.16. The fourth-order valence-electron chi connectivity index (χ4n) is 3.24. The third-order valence-corrected chi connectivity index (χ3v) is 5.11. The lowest BCUT2D eigenvalue weighted by molar-refractivity contribution is 0.171. The lowest BCUT2D eigenvalue weighted by Gasteiger charge is -2.42. The van der Waals surface area contributed by atoms with Gasteiger partial charge >= 0.3 is 0 Å². The van der Waals surface area contributed by atoms with E-state index in [-0.39, 0.29) is 5.41 Å². The summed E-state index contributed by atoms with van der Waals surface area (Å²) in [6, 6.07) is 6.60. The first-order valence-electron chi connectivity index (χ1n) is 7.67. The molecule has 0 heterocycles. The van der Waals surface area contributed by atoms with E-state index >= 15 is 0 Å². The number of hydrogen-bond acceptors (Lipinski definition) is 2. The zero-order valence-corrected chi connectivity index (χ0v) is 12.0. The predicted molar refractivity (Wildman–Crippen MR) is 78.6 cm³/mol. The Kier molecular flexibility index (Phi) is 3.53. The van der Waals surface area contributed by atoms with Crippen LogP contribution in [0.15, 0.2) is 18.2 Å². The van der Waals surface area contributed by atoms with Crippen LogP contribution in [0.2, 0.25) is 0 Å². The molecule has 0 saturated heterocycles. The first-order chi connectivity index (χ1) is 9.23. The molecule has 2 aliphatic carbocycles. The summed E-state index contributed by atoms with van der Waals surface area (Å²) in [5, 5.41) is 0. The normalized spacial score (nSPS) is 21.6. The van der Waals surface area contributed by atoms with Crippen LogP contribution >= 0.6 is 0 Å². The molecule has 2 aliphatic rings. The van der Waals surface area contributed by atoms with E-state index in [0.29, 0.717) is 0 Å². The van der Waals surface area contributed by atoms with E-state index in [4.69, 9.17) is 10.5 Å². The standard InChI is InChI=1S/C17H25NO/c1-13-6-7-16(19-11-14-4-2-5-14)15(10-13)17(12-18)8-3-9-17/h6-7,10,14H,2-5,8-9,11-12,18H2,1H3. The number of nitrogens with two attached hydrogens (primary N) is 1. The van der Waals surface area contributed by atoms with E-state index in [0.717, 1.165) is 24.8 Å². The van der Waals surface area contributed by atoms with Crippen molar-refractivity contribution in [3.63, 3.8) is 0 Å². The molecule has 2 heteroatoms. The molecule has 2 nitrogen and oxygen atoms in total. The molecule has 2 N–H and O–H groups in total. The zero-order chi connectivity index (χ0) is 13.3. The number of benzene rings is 1. The first kappa shape index (κ1) is 13.0. The second-order valence-electron chi connectivity index (χ2n) is 6.45. The summed E-state index contributed by atoms with van der Waals surface area (Å²) in [6.45, 7) is 3.79. The molecule has 0 radical (unpaired) electrons. The Morgan fingerprint density at radius 2 is 2.05 bits per heavy atom. The average molecular weight is 259 g/mol. The van der Waals surface area contributed by atoms with Crippen LogP contribution in [0.3, 0.4) is 0 Å². The maximum atomic E-state index is 6.12. The summed E-state index contributed by atoms with van der Waals surface area (Å²) in [4.78, 5) is 0. The Hall–Kier alpha value is -1.02. The van der Waals surface area contributed by atoms with Crippen molar-refractivity contribution in [3.05, 3.63) is 29.3 Å². The Labute approximate surface area is 116 Å². The van der Waals surface area contributed by atoms with Crippen molar-refractivity contribution >= 4 is 0 Å². The van der Waals surface area contributed by atoms with E-state index in [1.807, 2.05) is 0 Å². The van der Waals surface area contributed by atoms with Crippen LogP contribution in [-0.2, 0) is 5.41 Å². The summed E-state index contributed by atoms with van der Waals surface area (Å²) in [7, 11) is 0. The van der Waals surface area contributed by atoms with Crippen molar-refractivity contribution in [1.29, 1.82) is 0 Å². The Morgan fingerprint density at radius 1 is 1.26 bits per heavy atom. The van der Waals surface area contributed by atoms with E-state index in [9.17, 15) is 0 Å². The van der Waals surface area contributed by atoms with Gasteiger partial charge in [0.25, 0.3) is 0 Å². The number of aryl methyl sites for hydroxylation is 1. The minimum absolute atomic E-state index is 0.195. The van der Waals surface area contributed by atoms with E-state index < -0.39 is 0 Å². The van der Waals surface area contributed by atoms with Gasteiger partial charge in [-0.2, -0.15) is 0 Å². The van der Waals surface area contributed by atoms with Crippen LogP contribution in [0.5, 0.6) is 5.75 Å². The molecule has 0 bridgehead atoms. The zero-order valence-electron chi connectivity index (χ0n) is 12.0. The molecule has 0 aliphatic heterocycles. The van der Waals surface area contributed by atoms with Crippen LogP contribution in [0.25, 0.3) is 0 Å². The smallest absolute Gasteiger partial charge is 0.123 e. The minimum atomic E-state index is 0.195. The SMILES string of the molecule is Cc1ccc(OCC2CCC2)c(C2(CN)CCC2)c1. The topological polar surface area (TPSA) is 35.2 Å². The molecule has 0 atom stereocenters. The maximum Gasteiger partial charge on any atom is 0.123 e. The molecule has 0 aromatic heterocycles. The third-order valence-electron chi connectivity index (χ3n) is 5.11. The average Bonchev–Trinajstić information content (AvgIpc) is 2.29. The predicted octanol–water partition coefficient (Wildman–Crippen LogP) is 3.55.